The molecule has 102 heavy (non-hydrogen) atoms. The zero-order chi connectivity index (χ0) is 72.7. The highest BCUT2D eigenvalue weighted by Gasteiger charge is 2.03. The monoisotopic (exact) mass is 1490 g/mol. The van der Waals surface area contributed by atoms with Gasteiger partial charge in [-0.15, -0.1) is 0 Å². The molecule has 0 saturated carbocycles. The number of aliphatic hydroxyl groups excluding tert-OH is 1. The Morgan fingerprint density at radius 1 is 0.108 bits per heavy atom. The van der Waals surface area contributed by atoms with Crippen LogP contribution in [-0.4, -0.2) is 395 Å². The topological polar surface area (TPSA) is 288 Å². The second-order valence-corrected chi connectivity index (χ2v) is 22.4. The van der Waals surface area contributed by atoms with Crippen LogP contribution >= 0.6 is 0 Å². The smallest absolute Gasteiger partial charge is 0.0701 e. The van der Waals surface area contributed by atoms with E-state index < -0.39 is 0 Å². The number of ether oxygens (including phenoxy) is 29. The van der Waals surface area contributed by atoms with Gasteiger partial charge in [-0.2, -0.15) is 0 Å². The lowest BCUT2D eigenvalue weighted by Gasteiger charge is -2.09. The van der Waals surface area contributed by atoms with Crippen LogP contribution < -0.4 is 0 Å². The van der Waals surface area contributed by atoms with E-state index >= 15 is 0 Å². The van der Waals surface area contributed by atoms with Gasteiger partial charge in [0.05, 0.1) is 383 Å². The molecule has 1 N–H and O–H groups in total. The molecule has 0 atom stereocenters. The van der Waals surface area contributed by atoms with Crippen molar-refractivity contribution in [2.24, 2.45) is 0 Å². The summed E-state index contributed by atoms with van der Waals surface area (Å²) in [5, 5.41) is 8.62. The molecule has 0 aliphatic carbocycles. The van der Waals surface area contributed by atoms with Crippen molar-refractivity contribution in [1.29, 1.82) is 0 Å². The van der Waals surface area contributed by atoms with E-state index in [2.05, 4.69) is 6.92 Å². The average Bonchev–Trinajstić information content (AvgIpc) is 3.74. The minimum atomic E-state index is 0.0169. The van der Waals surface area contributed by atoms with E-state index in [4.69, 9.17) is 142 Å². The zero-order valence-electron chi connectivity index (χ0n) is 63.5. The van der Waals surface area contributed by atoms with Crippen LogP contribution in [0, 0.1) is 0 Å². The second kappa shape index (κ2) is 99.8. The van der Waals surface area contributed by atoms with Crippen molar-refractivity contribution in [2.75, 3.05) is 390 Å². The maximum atomic E-state index is 8.62. The van der Waals surface area contributed by atoms with Gasteiger partial charge in [-0.05, 0) is 6.42 Å². The molecule has 0 heterocycles. The summed E-state index contributed by atoms with van der Waals surface area (Å²) in [6.07, 6.45) is 16.2. The van der Waals surface area contributed by atoms with Gasteiger partial charge in [0.1, 0.15) is 0 Å². The van der Waals surface area contributed by atoms with Gasteiger partial charge in [0.25, 0.3) is 0 Å². The molecule has 0 aromatic heterocycles. The van der Waals surface area contributed by atoms with Crippen LogP contribution in [0.25, 0.3) is 0 Å². The summed E-state index contributed by atoms with van der Waals surface area (Å²) in [7, 11) is 0. The molecule has 30 nitrogen and oxygen atoms in total. The average molecular weight is 1490 g/mol. The van der Waals surface area contributed by atoms with Crippen LogP contribution in [0.15, 0.2) is 0 Å². The lowest BCUT2D eigenvalue weighted by Crippen LogP contribution is -2.16. The predicted octanol–water partition coefficient (Wildman–Crippen LogP) is 5.16. The van der Waals surface area contributed by atoms with Crippen molar-refractivity contribution in [1.82, 2.24) is 0 Å². The Labute approximate surface area is 614 Å². The predicted molar refractivity (Wildman–Crippen MR) is 382 cm³/mol. The van der Waals surface area contributed by atoms with Gasteiger partial charge < -0.3 is 142 Å². The molecule has 30 heteroatoms. The maximum Gasteiger partial charge on any atom is 0.0701 e. The Kier molecular flexibility index (Phi) is 98.6. The molecular weight excluding hydrogens is 1340 g/mol. The van der Waals surface area contributed by atoms with Crippen molar-refractivity contribution in [3.8, 4) is 0 Å². The highest BCUT2D eigenvalue weighted by Crippen LogP contribution is 2.12. The molecule has 0 aromatic rings. The standard InChI is InChI=1S/C72H146O30/c1-2-3-4-5-6-7-8-9-10-11-12-13-15-74-17-19-76-21-23-78-25-27-80-29-31-82-33-35-84-37-39-86-41-43-88-45-47-90-49-51-92-53-55-94-57-59-96-61-63-98-65-67-100-69-71-102-72-70-101-68-66-99-64-62-97-60-58-95-56-54-93-52-50-91-48-46-89-44-42-87-40-38-85-36-34-83-32-30-81-28-26-79-24-22-77-20-18-75-16-14-73/h73H,2-72H2,1H3. The molecule has 0 amide bonds. The summed E-state index contributed by atoms with van der Waals surface area (Å²) < 4.78 is 160. The van der Waals surface area contributed by atoms with Gasteiger partial charge in [-0.1, -0.05) is 77.6 Å². The van der Waals surface area contributed by atoms with Crippen molar-refractivity contribution < 1.29 is 142 Å². The van der Waals surface area contributed by atoms with E-state index in [-0.39, 0.29) is 6.61 Å². The largest absolute Gasteiger partial charge is 0.394 e. The number of rotatable bonds is 99. The van der Waals surface area contributed by atoms with Crippen LogP contribution in [0.1, 0.15) is 84.0 Å². The van der Waals surface area contributed by atoms with E-state index in [9.17, 15) is 0 Å². The highest BCUT2D eigenvalue weighted by molar-refractivity contribution is 4.50. The normalized spacial score (nSPS) is 11.8. The van der Waals surface area contributed by atoms with E-state index in [0.717, 1.165) is 13.0 Å². The molecule has 0 spiro atoms. The molecule has 0 saturated heterocycles. The van der Waals surface area contributed by atoms with Crippen molar-refractivity contribution in [2.45, 2.75) is 84.0 Å². The minimum Gasteiger partial charge on any atom is -0.394 e. The molecule has 0 radical (unpaired) electrons. The summed E-state index contributed by atoms with van der Waals surface area (Å²) in [5.74, 6) is 0. The molecule has 0 bridgehead atoms. The van der Waals surface area contributed by atoms with Gasteiger partial charge in [0.2, 0.25) is 0 Å². The Bertz CT molecular complexity index is 1320. The molecule has 0 unspecified atom stereocenters. The minimum absolute atomic E-state index is 0.0169. The number of aliphatic hydroxyl groups is 1. The first kappa shape index (κ1) is 101. The van der Waals surface area contributed by atoms with Crippen LogP contribution in [0.4, 0.5) is 0 Å². The molecule has 0 aromatic carbocycles. The molecular formula is C72H146O30. The number of hydrogen-bond acceptors (Lipinski definition) is 30. The lowest BCUT2D eigenvalue weighted by molar-refractivity contribution is -0.0324. The van der Waals surface area contributed by atoms with E-state index in [1.807, 2.05) is 0 Å². The third kappa shape index (κ3) is 98.8. The summed E-state index contributed by atoms with van der Waals surface area (Å²) in [5.41, 5.74) is 0. The first-order valence-corrected chi connectivity index (χ1v) is 38.3. The Morgan fingerprint density at radius 2 is 0.196 bits per heavy atom. The first-order valence-electron chi connectivity index (χ1n) is 38.3. The SMILES string of the molecule is CCCCCCCCCCCCCCOCCOCCOCCOCCOCCOCCOCCOCCOCCOCCOCCOCCOCCOCCOCCOCCOCCOCCOCCOCCOCCOCCOCCOCCOCCOCCOCCOCCOCCO. The quantitative estimate of drug-likeness (QED) is 0.0769. The Hall–Kier alpha value is -1.20. The second-order valence-electron chi connectivity index (χ2n) is 22.4. The summed E-state index contributed by atoms with van der Waals surface area (Å²) in [4.78, 5) is 0. The van der Waals surface area contributed by atoms with E-state index in [1.54, 1.807) is 0 Å². The fourth-order valence-corrected chi connectivity index (χ4v) is 8.37. The van der Waals surface area contributed by atoms with Gasteiger partial charge >= 0.3 is 0 Å². The number of unbranched alkanes of at least 4 members (excludes halogenated alkanes) is 11. The molecule has 0 fully saturated rings. The maximum absolute atomic E-state index is 8.62. The molecule has 614 valence electrons. The van der Waals surface area contributed by atoms with Gasteiger partial charge in [0, 0.05) is 6.61 Å². The summed E-state index contributed by atoms with van der Waals surface area (Å²) in [6, 6.07) is 0. The molecule has 0 aliphatic rings. The summed E-state index contributed by atoms with van der Waals surface area (Å²) >= 11 is 0. The summed E-state index contributed by atoms with van der Waals surface area (Å²) in [6.45, 7) is 31.2. The van der Waals surface area contributed by atoms with Crippen molar-refractivity contribution >= 4 is 0 Å². The van der Waals surface area contributed by atoms with Crippen molar-refractivity contribution in [3.05, 3.63) is 0 Å². The van der Waals surface area contributed by atoms with E-state index in [1.165, 1.54) is 70.6 Å². The Balaban J connectivity index is 3.09. The Morgan fingerprint density at radius 3 is 0.304 bits per heavy atom. The van der Waals surface area contributed by atoms with Crippen LogP contribution in [0.5, 0.6) is 0 Å². The zero-order valence-corrected chi connectivity index (χ0v) is 63.5. The molecule has 0 aliphatic heterocycles. The van der Waals surface area contributed by atoms with Crippen LogP contribution in [0.2, 0.25) is 0 Å². The third-order valence-corrected chi connectivity index (χ3v) is 13.8. The van der Waals surface area contributed by atoms with Gasteiger partial charge in [0.15, 0.2) is 0 Å². The highest BCUT2D eigenvalue weighted by atomic mass is 16.6. The van der Waals surface area contributed by atoms with Crippen LogP contribution in [0.3, 0.4) is 0 Å². The lowest BCUT2D eigenvalue weighted by atomic mass is 10.1. The van der Waals surface area contributed by atoms with Gasteiger partial charge in [-0.25, -0.2) is 0 Å². The van der Waals surface area contributed by atoms with Crippen molar-refractivity contribution in [3.63, 3.8) is 0 Å². The third-order valence-electron chi connectivity index (χ3n) is 13.8. The van der Waals surface area contributed by atoms with Crippen LogP contribution in [-0.2, 0) is 137 Å². The number of hydrogen-bond donors (Lipinski definition) is 1. The molecule has 0 rings (SSSR count). The van der Waals surface area contributed by atoms with Gasteiger partial charge in [-0.3, -0.25) is 0 Å². The first-order chi connectivity index (χ1) is 50.9. The fraction of sp³-hybridized carbons (Fsp3) is 1.00. The van der Waals surface area contributed by atoms with E-state index in [0.29, 0.717) is 377 Å². The fourth-order valence-electron chi connectivity index (χ4n) is 8.37.